The van der Waals surface area contributed by atoms with Gasteiger partial charge in [-0.2, -0.15) is 0 Å². The van der Waals surface area contributed by atoms with Crippen molar-refractivity contribution < 1.29 is 13.2 Å². The van der Waals surface area contributed by atoms with Gasteiger partial charge >= 0.3 is 0 Å². The topological polar surface area (TPSA) is 83.0 Å². The number of guanidine groups is 1. The van der Waals surface area contributed by atoms with E-state index in [-0.39, 0.29) is 29.6 Å². The lowest BCUT2D eigenvalue weighted by atomic mass is 10.1. The van der Waals surface area contributed by atoms with Gasteiger partial charge in [0.15, 0.2) is 5.96 Å². The molecular weight excluding hydrogens is 419 g/mol. The summed E-state index contributed by atoms with van der Waals surface area (Å²) in [6.07, 6.45) is 2.14. The van der Waals surface area contributed by atoms with Crippen LogP contribution in [-0.2, 0) is 14.8 Å². The molecule has 0 aromatic carbocycles. The fourth-order valence-electron chi connectivity index (χ4n) is 2.10. The van der Waals surface area contributed by atoms with Crippen LogP contribution in [0.1, 0.15) is 20.3 Å². The number of hydrogen-bond acceptors (Lipinski definition) is 4. The largest absolute Gasteiger partial charge is 0.377 e. The molecule has 0 amide bonds. The molecule has 1 fully saturated rings. The lowest BCUT2D eigenvalue weighted by molar-refractivity contribution is 0.0268. The van der Waals surface area contributed by atoms with Crippen molar-refractivity contribution in [1.29, 1.82) is 0 Å². The summed E-state index contributed by atoms with van der Waals surface area (Å²) < 4.78 is 29.8. The van der Waals surface area contributed by atoms with Gasteiger partial charge in [-0.05, 0) is 26.2 Å². The van der Waals surface area contributed by atoms with E-state index in [1.807, 2.05) is 13.8 Å². The normalized spacial score (nSPS) is 20.6. The number of nitrogens with zero attached hydrogens (tertiary/aromatic N) is 2. The van der Waals surface area contributed by atoms with Crippen molar-refractivity contribution in [3.63, 3.8) is 0 Å². The zero-order valence-electron chi connectivity index (χ0n) is 14.0. The summed E-state index contributed by atoms with van der Waals surface area (Å²) in [6, 6.07) is 0. The Bertz CT molecular complexity index is 468. The highest BCUT2D eigenvalue weighted by molar-refractivity contribution is 14.0. The monoisotopic (exact) mass is 448 g/mol. The molecule has 1 rings (SSSR count). The number of ether oxygens (including phenoxy) is 1. The Morgan fingerprint density at radius 1 is 1.41 bits per heavy atom. The SMILES string of the molecule is CN=C(NCC1CCN(S(C)(=O)=O)C1)NCC(C)(C)OC.I. The molecule has 7 nitrogen and oxygen atoms in total. The molecule has 1 heterocycles. The Morgan fingerprint density at radius 3 is 2.50 bits per heavy atom. The maximum absolute atomic E-state index is 11.5. The molecule has 2 N–H and O–H groups in total. The van der Waals surface area contributed by atoms with E-state index in [1.54, 1.807) is 14.2 Å². The quantitative estimate of drug-likeness (QED) is 0.351. The van der Waals surface area contributed by atoms with Crippen molar-refractivity contribution in [1.82, 2.24) is 14.9 Å². The van der Waals surface area contributed by atoms with Crippen LogP contribution < -0.4 is 10.6 Å². The van der Waals surface area contributed by atoms with Gasteiger partial charge < -0.3 is 15.4 Å². The van der Waals surface area contributed by atoms with E-state index in [0.717, 1.165) is 6.42 Å². The number of methoxy groups -OCH3 is 1. The van der Waals surface area contributed by atoms with Gasteiger partial charge in [-0.15, -0.1) is 24.0 Å². The first-order valence-corrected chi connectivity index (χ1v) is 8.97. The smallest absolute Gasteiger partial charge is 0.211 e. The molecular formula is C13H29IN4O3S. The highest BCUT2D eigenvalue weighted by atomic mass is 127. The van der Waals surface area contributed by atoms with Crippen LogP contribution in [0.5, 0.6) is 0 Å². The zero-order valence-corrected chi connectivity index (χ0v) is 17.2. The van der Waals surface area contributed by atoms with E-state index < -0.39 is 10.0 Å². The molecule has 0 bridgehead atoms. The van der Waals surface area contributed by atoms with Crippen LogP contribution in [0.3, 0.4) is 0 Å². The summed E-state index contributed by atoms with van der Waals surface area (Å²) in [5, 5.41) is 6.45. The maximum atomic E-state index is 11.5. The van der Waals surface area contributed by atoms with Gasteiger partial charge in [0, 0.05) is 40.3 Å². The molecule has 1 atom stereocenters. The van der Waals surface area contributed by atoms with Gasteiger partial charge in [-0.1, -0.05) is 0 Å². The Hall–Kier alpha value is -0.130. The number of hydrogen-bond donors (Lipinski definition) is 2. The van der Waals surface area contributed by atoms with Crippen molar-refractivity contribution in [3.05, 3.63) is 0 Å². The average Bonchev–Trinajstić information content (AvgIpc) is 2.88. The second kappa shape index (κ2) is 9.24. The standard InChI is InChI=1S/C13H28N4O3S.HI/c1-13(2,20-4)10-16-12(14-3)15-8-11-6-7-17(9-11)21(5,18)19;/h11H,6-10H2,1-5H3,(H2,14,15,16);1H. The Morgan fingerprint density at radius 2 is 2.05 bits per heavy atom. The van der Waals surface area contributed by atoms with E-state index in [1.165, 1.54) is 10.6 Å². The summed E-state index contributed by atoms with van der Waals surface area (Å²) in [5.74, 6) is 1.02. The number of nitrogens with one attached hydrogen (secondary N) is 2. The van der Waals surface area contributed by atoms with Crippen molar-refractivity contribution in [3.8, 4) is 0 Å². The highest BCUT2D eigenvalue weighted by Gasteiger charge is 2.28. The summed E-state index contributed by atoms with van der Waals surface area (Å²) in [6.45, 7) is 6.52. The van der Waals surface area contributed by atoms with Gasteiger partial charge in [-0.25, -0.2) is 12.7 Å². The molecule has 1 aliphatic heterocycles. The van der Waals surface area contributed by atoms with Crippen LogP contribution in [0.15, 0.2) is 4.99 Å². The van der Waals surface area contributed by atoms with E-state index in [0.29, 0.717) is 38.1 Å². The number of halogens is 1. The first kappa shape index (κ1) is 21.9. The molecule has 132 valence electrons. The van der Waals surface area contributed by atoms with Crippen LogP contribution >= 0.6 is 24.0 Å². The van der Waals surface area contributed by atoms with Gasteiger partial charge in [-0.3, -0.25) is 4.99 Å². The summed E-state index contributed by atoms with van der Waals surface area (Å²) >= 11 is 0. The fraction of sp³-hybridized carbons (Fsp3) is 0.923. The van der Waals surface area contributed by atoms with Crippen LogP contribution in [0.2, 0.25) is 0 Å². The van der Waals surface area contributed by atoms with Crippen LogP contribution in [0, 0.1) is 5.92 Å². The van der Waals surface area contributed by atoms with Crippen molar-refractivity contribution in [2.75, 3.05) is 46.6 Å². The Balaban J connectivity index is 0.00000441. The molecule has 22 heavy (non-hydrogen) atoms. The van der Waals surface area contributed by atoms with E-state index in [2.05, 4.69) is 15.6 Å². The second-order valence-corrected chi connectivity index (χ2v) is 8.03. The van der Waals surface area contributed by atoms with E-state index in [9.17, 15) is 8.42 Å². The number of rotatable bonds is 6. The van der Waals surface area contributed by atoms with Crippen LogP contribution in [0.4, 0.5) is 0 Å². The van der Waals surface area contributed by atoms with Crippen molar-refractivity contribution in [2.24, 2.45) is 10.9 Å². The summed E-state index contributed by atoms with van der Waals surface area (Å²) in [7, 11) is 0.322. The predicted octanol–water partition coefficient (Wildman–Crippen LogP) is 0.476. The Labute approximate surface area is 151 Å². The first-order valence-electron chi connectivity index (χ1n) is 7.13. The summed E-state index contributed by atoms with van der Waals surface area (Å²) in [4.78, 5) is 4.16. The van der Waals surface area contributed by atoms with Gasteiger partial charge in [0.05, 0.1) is 11.9 Å². The fourth-order valence-corrected chi connectivity index (χ4v) is 3.01. The van der Waals surface area contributed by atoms with Crippen LogP contribution in [0.25, 0.3) is 0 Å². The molecule has 0 radical (unpaired) electrons. The minimum atomic E-state index is -3.07. The predicted molar refractivity (Wildman–Crippen MR) is 100 cm³/mol. The minimum Gasteiger partial charge on any atom is -0.377 e. The molecule has 9 heteroatoms. The van der Waals surface area contributed by atoms with Gasteiger partial charge in [0.1, 0.15) is 0 Å². The van der Waals surface area contributed by atoms with Gasteiger partial charge in [0.25, 0.3) is 0 Å². The number of sulfonamides is 1. The third kappa shape index (κ3) is 7.42. The second-order valence-electron chi connectivity index (χ2n) is 6.05. The summed E-state index contributed by atoms with van der Waals surface area (Å²) in [5.41, 5.74) is -0.266. The van der Waals surface area contributed by atoms with Crippen molar-refractivity contribution in [2.45, 2.75) is 25.9 Å². The lowest BCUT2D eigenvalue weighted by Gasteiger charge is -2.25. The van der Waals surface area contributed by atoms with Crippen LogP contribution in [-0.4, -0.2) is 70.9 Å². The first-order chi connectivity index (χ1) is 9.68. The zero-order chi connectivity index (χ0) is 16.1. The molecule has 0 spiro atoms. The molecule has 1 saturated heterocycles. The minimum absolute atomic E-state index is 0. The molecule has 0 saturated carbocycles. The maximum Gasteiger partial charge on any atom is 0.211 e. The molecule has 1 unspecified atom stereocenters. The van der Waals surface area contributed by atoms with Crippen molar-refractivity contribution >= 4 is 40.0 Å². The average molecular weight is 448 g/mol. The molecule has 1 aliphatic rings. The Kier molecular flexibility index (Phi) is 9.18. The molecule has 0 aromatic rings. The highest BCUT2D eigenvalue weighted by Crippen LogP contribution is 2.17. The molecule has 0 aromatic heterocycles. The lowest BCUT2D eigenvalue weighted by Crippen LogP contribution is -2.46. The third-order valence-electron chi connectivity index (χ3n) is 3.73. The van der Waals surface area contributed by atoms with Gasteiger partial charge in [0.2, 0.25) is 10.0 Å². The third-order valence-corrected chi connectivity index (χ3v) is 5.00. The molecule has 0 aliphatic carbocycles. The van der Waals surface area contributed by atoms with E-state index >= 15 is 0 Å². The van der Waals surface area contributed by atoms with E-state index in [4.69, 9.17) is 4.74 Å². The number of aliphatic imine (C=N–C) groups is 1.